The minimum atomic E-state index is -3.88. The van der Waals surface area contributed by atoms with Gasteiger partial charge in [0, 0.05) is 6.54 Å². The lowest BCUT2D eigenvalue weighted by Crippen LogP contribution is -2.40. The summed E-state index contributed by atoms with van der Waals surface area (Å²) >= 11 is 0. The van der Waals surface area contributed by atoms with Gasteiger partial charge in [0.1, 0.15) is 18.7 Å². The lowest BCUT2D eigenvalue weighted by atomic mass is 10.2. The second-order valence-electron chi connectivity index (χ2n) is 5.31. The number of carboxylic acids is 1. The fourth-order valence-corrected chi connectivity index (χ4v) is 4.64. The molecule has 1 atom stereocenters. The average molecular weight is 336 g/mol. The highest BCUT2D eigenvalue weighted by Gasteiger charge is 2.40. The third-order valence-corrected chi connectivity index (χ3v) is 5.86. The maximum atomic E-state index is 12.9. The van der Waals surface area contributed by atoms with Gasteiger partial charge in [-0.15, -0.1) is 0 Å². The summed E-state index contributed by atoms with van der Waals surface area (Å²) in [6, 6.07) is 5.56. The molecule has 0 spiro atoms. The van der Waals surface area contributed by atoms with Crippen LogP contribution in [0.15, 0.2) is 41.8 Å². The number of hydrogen-bond acceptors (Lipinski definition) is 5. The minimum absolute atomic E-state index is 0.114. The van der Waals surface area contributed by atoms with Crippen molar-refractivity contribution >= 4 is 16.0 Å². The Hall–Kier alpha value is -2.26. The quantitative estimate of drug-likeness (QED) is 0.855. The Morgan fingerprint density at radius 3 is 2.83 bits per heavy atom. The summed E-state index contributed by atoms with van der Waals surface area (Å²) in [4.78, 5) is 15.3. The largest absolute Gasteiger partial charge is 0.480 e. The fraction of sp³-hybridized carbons (Fsp3) is 0.357. The molecule has 0 radical (unpaired) electrons. The molecule has 1 saturated heterocycles. The lowest BCUT2D eigenvalue weighted by molar-refractivity contribution is -0.140. The average Bonchev–Trinajstić information content (AvgIpc) is 3.19. The fourth-order valence-electron chi connectivity index (χ4n) is 2.78. The van der Waals surface area contributed by atoms with Crippen LogP contribution in [-0.4, -0.2) is 51.1 Å². The molecule has 2 aromatic rings. The van der Waals surface area contributed by atoms with Gasteiger partial charge in [0.15, 0.2) is 0 Å². The number of nitrogens with zero attached hydrogens (tertiary/aromatic N) is 4. The molecule has 0 bridgehead atoms. The predicted molar refractivity (Wildman–Crippen MR) is 80.1 cm³/mol. The van der Waals surface area contributed by atoms with E-state index in [9.17, 15) is 18.3 Å². The molecule has 1 aliphatic heterocycles. The van der Waals surface area contributed by atoms with Crippen molar-refractivity contribution in [2.45, 2.75) is 30.3 Å². The first-order chi connectivity index (χ1) is 11.0. The Morgan fingerprint density at radius 1 is 1.35 bits per heavy atom. The highest BCUT2D eigenvalue weighted by Crippen LogP contribution is 2.28. The van der Waals surface area contributed by atoms with Crippen molar-refractivity contribution in [1.82, 2.24) is 19.1 Å². The van der Waals surface area contributed by atoms with Crippen LogP contribution in [0.1, 0.15) is 18.4 Å². The highest BCUT2D eigenvalue weighted by atomic mass is 32.2. The summed E-state index contributed by atoms with van der Waals surface area (Å²) in [5.41, 5.74) is 0.550. The molecular formula is C14H16N4O4S. The van der Waals surface area contributed by atoms with E-state index in [1.807, 2.05) is 0 Å². The third kappa shape index (κ3) is 2.97. The molecule has 1 fully saturated rings. The zero-order valence-corrected chi connectivity index (χ0v) is 13.1. The van der Waals surface area contributed by atoms with Crippen LogP contribution in [0, 0.1) is 0 Å². The van der Waals surface area contributed by atoms with Crippen LogP contribution in [-0.2, 0) is 21.4 Å². The van der Waals surface area contributed by atoms with Crippen molar-refractivity contribution < 1.29 is 18.3 Å². The van der Waals surface area contributed by atoms with E-state index in [0.717, 1.165) is 4.31 Å². The summed E-state index contributed by atoms with van der Waals surface area (Å²) in [7, 11) is -3.88. The van der Waals surface area contributed by atoms with Gasteiger partial charge in [-0.2, -0.15) is 9.40 Å². The van der Waals surface area contributed by atoms with E-state index in [1.165, 1.54) is 23.4 Å². The van der Waals surface area contributed by atoms with Gasteiger partial charge in [0.05, 0.1) is 11.4 Å². The second kappa shape index (κ2) is 6.09. The van der Waals surface area contributed by atoms with Crippen molar-refractivity contribution in [3.05, 3.63) is 42.5 Å². The molecule has 0 saturated carbocycles. The highest BCUT2D eigenvalue weighted by molar-refractivity contribution is 7.89. The molecule has 23 heavy (non-hydrogen) atoms. The molecule has 0 aliphatic carbocycles. The van der Waals surface area contributed by atoms with Crippen LogP contribution in [0.2, 0.25) is 0 Å². The Bertz CT molecular complexity index is 804. The smallest absolute Gasteiger partial charge is 0.322 e. The van der Waals surface area contributed by atoms with E-state index in [2.05, 4.69) is 10.1 Å². The summed E-state index contributed by atoms with van der Waals surface area (Å²) in [6.45, 7) is 0.470. The number of carbonyl (C=O) groups is 1. The molecule has 1 aromatic heterocycles. The van der Waals surface area contributed by atoms with Gasteiger partial charge < -0.3 is 5.11 Å². The molecule has 1 aliphatic rings. The standard InChI is InChI=1S/C14H16N4O4S/c19-14(20)12-5-3-7-18(12)23(21,22)13-6-2-1-4-11(13)8-17-10-15-9-16-17/h1-2,4,6,9-10,12H,3,5,7-8H2,(H,19,20). The van der Waals surface area contributed by atoms with Gasteiger partial charge in [-0.25, -0.2) is 18.1 Å². The zero-order chi connectivity index (χ0) is 16.4. The molecule has 1 N–H and O–H groups in total. The summed E-state index contributed by atoms with van der Waals surface area (Å²) in [5, 5.41) is 13.2. The molecule has 1 aromatic carbocycles. The number of aliphatic carboxylic acids is 1. The van der Waals surface area contributed by atoms with Crippen molar-refractivity contribution in [3.63, 3.8) is 0 Å². The van der Waals surface area contributed by atoms with Crippen LogP contribution in [0.25, 0.3) is 0 Å². The van der Waals surface area contributed by atoms with Crippen molar-refractivity contribution in [2.75, 3.05) is 6.54 Å². The van der Waals surface area contributed by atoms with Gasteiger partial charge >= 0.3 is 5.97 Å². The summed E-state index contributed by atoms with van der Waals surface area (Å²) < 4.78 is 28.4. The van der Waals surface area contributed by atoms with Crippen LogP contribution < -0.4 is 0 Å². The first kappa shape index (κ1) is 15.6. The van der Waals surface area contributed by atoms with Gasteiger partial charge in [0.2, 0.25) is 10.0 Å². The Kier molecular flexibility index (Phi) is 4.14. The summed E-state index contributed by atoms with van der Waals surface area (Å²) in [5.74, 6) is -1.11. The van der Waals surface area contributed by atoms with Crippen LogP contribution >= 0.6 is 0 Å². The predicted octanol–water partition coefficient (Wildman–Crippen LogP) is 0.564. The van der Waals surface area contributed by atoms with Crippen molar-refractivity contribution in [3.8, 4) is 0 Å². The second-order valence-corrected chi connectivity index (χ2v) is 7.17. The van der Waals surface area contributed by atoms with Gasteiger partial charge in [-0.3, -0.25) is 4.79 Å². The zero-order valence-electron chi connectivity index (χ0n) is 12.2. The van der Waals surface area contributed by atoms with Crippen molar-refractivity contribution in [2.24, 2.45) is 0 Å². The maximum Gasteiger partial charge on any atom is 0.322 e. The molecule has 3 rings (SSSR count). The molecule has 122 valence electrons. The first-order valence-corrected chi connectivity index (χ1v) is 8.59. The number of carboxylic acid groups (broad SMARTS) is 1. The maximum absolute atomic E-state index is 12.9. The SMILES string of the molecule is O=C(O)C1CCCN1S(=O)(=O)c1ccccc1Cn1cncn1. The number of hydrogen-bond donors (Lipinski definition) is 1. The third-order valence-electron chi connectivity index (χ3n) is 3.85. The monoisotopic (exact) mass is 336 g/mol. The van der Waals surface area contributed by atoms with E-state index >= 15 is 0 Å². The Morgan fingerprint density at radius 2 is 2.13 bits per heavy atom. The van der Waals surface area contributed by atoms with E-state index in [0.29, 0.717) is 18.4 Å². The minimum Gasteiger partial charge on any atom is -0.480 e. The molecule has 9 heteroatoms. The molecule has 1 unspecified atom stereocenters. The number of benzene rings is 1. The normalized spacial score (nSPS) is 19.0. The van der Waals surface area contributed by atoms with Crippen LogP contribution in [0.5, 0.6) is 0 Å². The molecule has 0 amide bonds. The number of sulfonamides is 1. The summed E-state index contributed by atoms with van der Waals surface area (Å²) in [6.07, 6.45) is 3.75. The van der Waals surface area contributed by atoms with E-state index in [-0.39, 0.29) is 18.0 Å². The number of rotatable bonds is 5. The number of aromatic nitrogens is 3. The first-order valence-electron chi connectivity index (χ1n) is 7.15. The van der Waals surface area contributed by atoms with E-state index in [1.54, 1.807) is 18.2 Å². The van der Waals surface area contributed by atoms with E-state index in [4.69, 9.17) is 0 Å². The molecule has 8 nitrogen and oxygen atoms in total. The lowest BCUT2D eigenvalue weighted by Gasteiger charge is -2.22. The van der Waals surface area contributed by atoms with Gasteiger partial charge in [-0.05, 0) is 24.5 Å². The molecular weight excluding hydrogens is 320 g/mol. The Balaban J connectivity index is 1.98. The van der Waals surface area contributed by atoms with Gasteiger partial charge in [0.25, 0.3) is 0 Å². The topological polar surface area (TPSA) is 105 Å². The van der Waals surface area contributed by atoms with Gasteiger partial charge in [-0.1, -0.05) is 18.2 Å². The van der Waals surface area contributed by atoms with Crippen molar-refractivity contribution in [1.29, 1.82) is 0 Å². The van der Waals surface area contributed by atoms with E-state index < -0.39 is 22.0 Å². The van der Waals surface area contributed by atoms with Crippen LogP contribution in [0.3, 0.4) is 0 Å². The molecule has 2 heterocycles. The Labute approximate surface area is 133 Å². The van der Waals surface area contributed by atoms with Crippen LogP contribution in [0.4, 0.5) is 0 Å².